The number of unbranched alkanes of at least 4 members (excludes halogenated alkanes) is 2. The fourth-order valence-corrected chi connectivity index (χ4v) is 1.60. The molecule has 0 aromatic carbocycles. The molecule has 13 heavy (non-hydrogen) atoms. The van der Waals surface area contributed by atoms with Gasteiger partial charge in [0.15, 0.2) is 5.78 Å². The van der Waals surface area contributed by atoms with Crippen molar-refractivity contribution in [3.05, 3.63) is 0 Å². The van der Waals surface area contributed by atoms with Crippen molar-refractivity contribution in [2.75, 3.05) is 19.6 Å². The lowest BCUT2D eigenvalue weighted by Crippen LogP contribution is -2.52. The van der Waals surface area contributed by atoms with Gasteiger partial charge in [-0.05, 0) is 6.42 Å². The number of Topliss-reactive ketones (excluding diaryl/α,β-unsaturated/α-hetero) is 1. The topological polar surface area (TPSA) is 41.1 Å². The van der Waals surface area contributed by atoms with Gasteiger partial charge in [0.1, 0.15) is 0 Å². The zero-order valence-electron chi connectivity index (χ0n) is 8.44. The Kier molecular flexibility index (Phi) is 5.01. The van der Waals surface area contributed by atoms with Crippen LogP contribution in [-0.2, 0) is 4.79 Å². The van der Waals surface area contributed by atoms with Gasteiger partial charge in [0.25, 0.3) is 0 Å². The first-order chi connectivity index (χ1) is 6.34. The summed E-state index contributed by atoms with van der Waals surface area (Å²) in [5.41, 5.74) is 0. The van der Waals surface area contributed by atoms with Crippen LogP contribution in [0.2, 0.25) is 0 Å². The first-order valence-electron chi connectivity index (χ1n) is 5.31. The van der Waals surface area contributed by atoms with E-state index in [1.807, 2.05) is 0 Å². The van der Waals surface area contributed by atoms with Crippen molar-refractivity contribution < 1.29 is 4.79 Å². The minimum Gasteiger partial charge on any atom is -0.313 e. The summed E-state index contributed by atoms with van der Waals surface area (Å²) in [6.45, 7) is 4.87. The molecule has 0 bridgehead atoms. The highest BCUT2D eigenvalue weighted by molar-refractivity contribution is 5.84. The number of hydrogen-bond acceptors (Lipinski definition) is 3. The summed E-state index contributed by atoms with van der Waals surface area (Å²) >= 11 is 0. The standard InChI is InChI=1S/C10H20N2O/c1-2-3-4-5-10(13)9-8-11-6-7-12-9/h9,11-12H,2-8H2,1H3. The number of piperazine rings is 1. The quantitative estimate of drug-likeness (QED) is 0.618. The Morgan fingerprint density at radius 1 is 1.38 bits per heavy atom. The molecule has 0 amide bonds. The second-order valence-corrected chi connectivity index (χ2v) is 3.63. The Morgan fingerprint density at radius 2 is 2.23 bits per heavy atom. The van der Waals surface area contributed by atoms with E-state index < -0.39 is 0 Å². The minimum atomic E-state index is 0.0746. The monoisotopic (exact) mass is 184 g/mol. The summed E-state index contributed by atoms with van der Waals surface area (Å²) in [5, 5.41) is 6.46. The van der Waals surface area contributed by atoms with Gasteiger partial charge < -0.3 is 10.6 Å². The van der Waals surface area contributed by atoms with Gasteiger partial charge in [0.05, 0.1) is 6.04 Å². The number of nitrogens with one attached hydrogen (secondary N) is 2. The van der Waals surface area contributed by atoms with Crippen LogP contribution in [0.25, 0.3) is 0 Å². The third-order valence-corrected chi connectivity index (χ3v) is 2.46. The van der Waals surface area contributed by atoms with Gasteiger partial charge in [0, 0.05) is 26.1 Å². The van der Waals surface area contributed by atoms with Crippen LogP contribution in [-0.4, -0.2) is 31.5 Å². The SMILES string of the molecule is CCCCCC(=O)C1CNCCN1. The van der Waals surface area contributed by atoms with Gasteiger partial charge in [-0.25, -0.2) is 0 Å². The van der Waals surface area contributed by atoms with Crippen molar-refractivity contribution in [3.8, 4) is 0 Å². The van der Waals surface area contributed by atoms with Crippen molar-refractivity contribution in [3.63, 3.8) is 0 Å². The Morgan fingerprint density at radius 3 is 2.85 bits per heavy atom. The largest absolute Gasteiger partial charge is 0.313 e. The average Bonchev–Trinajstić information content (AvgIpc) is 2.19. The van der Waals surface area contributed by atoms with E-state index >= 15 is 0 Å². The fourth-order valence-electron chi connectivity index (χ4n) is 1.60. The molecule has 0 aromatic heterocycles. The number of rotatable bonds is 5. The molecule has 1 saturated heterocycles. The van der Waals surface area contributed by atoms with E-state index in [1.165, 1.54) is 12.8 Å². The van der Waals surface area contributed by atoms with E-state index in [0.717, 1.165) is 32.5 Å². The summed E-state index contributed by atoms with van der Waals surface area (Å²) in [5.74, 6) is 0.376. The van der Waals surface area contributed by atoms with Gasteiger partial charge in [-0.15, -0.1) is 0 Å². The highest BCUT2D eigenvalue weighted by Crippen LogP contribution is 2.02. The summed E-state index contributed by atoms with van der Waals surface area (Å²) in [6.07, 6.45) is 4.15. The third kappa shape index (κ3) is 3.87. The normalized spacial score (nSPS) is 23.0. The second-order valence-electron chi connectivity index (χ2n) is 3.63. The van der Waals surface area contributed by atoms with Crippen molar-refractivity contribution >= 4 is 5.78 Å². The van der Waals surface area contributed by atoms with Crippen LogP contribution in [0.15, 0.2) is 0 Å². The van der Waals surface area contributed by atoms with Gasteiger partial charge in [-0.2, -0.15) is 0 Å². The maximum absolute atomic E-state index is 11.6. The number of hydrogen-bond donors (Lipinski definition) is 2. The lowest BCUT2D eigenvalue weighted by Gasteiger charge is -2.23. The molecule has 0 saturated carbocycles. The summed E-state index contributed by atoms with van der Waals surface area (Å²) < 4.78 is 0. The molecule has 3 heteroatoms. The third-order valence-electron chi connectivity index (χ3n) is 2.46. The molecule has 76 valence electrons. The maximum atomic E-state index is 11.6. The Bertz CT molecular complexity index is 153. The maximum Gasteiger partial charge on any atom is 0.151 e. The van der Waals surface area contributed by atoms with Crippen molar-refractivity contribution in [1.29, 1.82) is 0 Å². The fraction of sp³-hybridized carbons (Fsp3) is 0.900. The van der Waals surface area contributed by atoms with E-state index in [2.05, 4.69) is 17.6 Å². The Labute approximate surface area is 80.3 Å². The highest BCUT2D eigenvalue weighted by atomic mass is 16.1. The van der Waals surface area contributed by atoms with Crippen LogP contribution in [0.1, 0.15) is 32.6 Å². The number of carbonyl (C=O) groups is 1. The Balaban J connectivity index is 2.13. The molecular formula is C10H20N2O. The molecule has 1 atom stereocenters. The second kappa shape index (κ2) is 6.11. The molecule has 1 heterocycles. The predicted octanol–water partition coefficient (Wildman–Crippen LogP) is 0.697. The van der Waals surface area contributed by atoms with Gasteiger partial charge in [0.2, 0.25) is 0 Å². The summed E-state index contributed by atoms with van der Waals surface area (Å²) in [4.78, 5) is 11.6. The van der Waals surface area contributed by atoms with E-state index in [0.29, 0.717) is 5.78 Å². The van der Waals surface area contributed by atoms with E-state index in [-0.39, 0.29) is 6.04 Å². The molecule has 0 aromatic rings. The van der Waals surface area contributed by atoms with Crippen molar-refractivity contribution in [2.45, 2.75) is 38.6 Å². The predicted molar refractivity (Wildman–Crippen MR) is 53.8 cm³/mol. The number of carbonyl (C=O) groups excluding carboxylic acids is 1. The van der Waals surface area contributed by atoms with Crippen LogP contribution < -0.4 is 10.6 Å². The number of ketones is 1. The zero-order valence-corrected chi connectivity index (χ0v) is 8.44. The molecule has 1 fully saturated rings. The van der Waals surface area contributed by atoms with Gasteiger partial charge in [-0.3, -0.25) is 4.79 Å². The zero-order chi connectivity index (χ0) is 9.52. The van der Waals surface area contributed by atoms with E-state index in [9.17, 15) is 4.79 Å². The van der Waals surface area contributed by atoms with Crippen LogP contribution in [0.4, 0.5) is 0 Å². The molecule has 1 unspecified atom stereocenters. The molecule has 1 aliphatic heterocycles. The van der Waals surface area contributed by atoms with Crippen LogP contribution in [0.5, 0.6) is 0 Å². The van der Waals surface area contributed by atoms with Gasteiger partial charge >= 0.3 is 0 Å². The molecule has 3 nitrogen and oxygen atoms in total. The lowest BCUT2D eigenvalue weighted by molar-refractivity contribution is -0.121. The molecule has 0 aliphatic carbocycles. The molecular weight excluding hydrogens is 164 g/mol. The van der Waals surface area contributed by atoms with Crippen LogP contribution in [0.3, 0.4) is 0 Å². The smallest absolute Gasteiger partial charge is 0.151 e. The first-order valence-corrected chi connectivity index (χ1v) is 5.31. The lowest BCUT2D eigenvalue weighted by atomic mass is 10.0. The summed E-state index contributed by atoms with van der Waals surface area (Å²) in [6, 6.07) is 0.0746. The molecule has 0 radical (unpaired) electrons. The highest BCUT2D eigenvalue weighted by Gasteiger charge is 2.18. The molecule has 2 N–H and O–H groups in total. The first kappa shape index (κ1) is 10.7. The van der Waals surface area contributed by atoms with Gasteiger partial charge in [-0.1, -0.05) is 19.8 Å². The Hall–Kier alpha value is -0.410. The van der Waals surface area contributed by atoms with E-state index in [1.54, 1.807) is 0 Å². The molecule has 1 rings (SSSR count). The summed E-state index contributed by atoms with van der Waals surface area (Å²) in [7, 11) is 0. The minimum absolute atomic E-state index is 0.0746. The van der Waals surface area contributed by atoms with Crippen LogP contribution >= 0.6 is 0 Å². The average molecular weight is 184 g/mol. The van der Waals surface area contributed by atoms with E-state index in [4.69, 9.17) is 0 Å². The molecule has 0 spiro atoms. The molecule has 1 aliphatic rings. The van der Waals surface area contributed by atoms with Crippen molar-refractivity contribution in [2.24, 2.45) is 0 Å². The van der Waals surface area contributed by atoms with Crippen LogP contribution in [0, 0.1) is 0 Å². The van der Waals surface area contributed by atoms with Crippen molar-refractivity contribution in [1.82, 2.24) is 10.6 Å².